The molecule has 144 valence electrons. The van der Waals surface area contributed by atoms with E-state index in [0.717, 1.165) is 46.5 Å². The zero-order valence-electron chi connectivity index (χ0n) is 17.1. The molecule has 2 rings (SSSR count). The first-order valence-electron chi connectivity index (χ1n) is 9.62. The van der Waals surface area contributed by atoms with Gasteiger partial charge in [0.1, 0.15) is 0 Å². The van der Waals surface area contributed by atoms with Crippen LogP contribution in [0, 0.1) is 13.8 Å². The maximum absolute atomic E-state index is 12.6. The minimum absolute atomic E-state index is 0.0593. The maximum atomic E-state index is 12.6. The third-order valence-corrected chi connectivity index (χ3v) is 4.72. The molecule has 1 N–H and O–H groups in total. The second-order valence-electron chi connectivity index (χ2n) is 6.97. The number of carbonyl (C=O) groups is 2. The first-order chi connectivity index (χ1) is 12.8. The highest BCUT2D eigenvalue weighted by Gasteiger charge is 2.16. The molecule has 0 saturated heterocycles. The summed E-state index contributed by atoms with van der Waals surface area (Å²) in [7, 11) is 0. The van der Waals surface area contributed by atoms with Gasteiger partial charge in [0.05, 0.1) is 0 Å². The van der Waals surface area contributed by atoms with Gasteiger partial charge in [0.25, 0.3) is 0 Å². The number of rotatable bonds is 7. The van der Waals surface area contributed by atoms with E-state index in [1.54, 1.807) is 4.90 Å². The third kappa shape index (κ3) is 5.43. The predicted molar refractivity (Wildman–Crippen MR) is 112 cm³/mol. The Morgan fingerprint density at radius 2 is 1.52 bits per heavy atom. The Balaban J connectivity index is 2.12. The molecule has 0 aliphatic rings. The zero-order chi connectivity index (χ0) is 20.0. The number of hydrogen-bond acceptors (Lipinski definition) is 2. The fourth-order valence-electron chi connectivity index (χ4n) is 3.39. The first kappa shape index (κ1) is 20.7. The van der Waals surface area contributed by atoms with Gasteiger partial charge < -0.3 is 10.2 Å². The Hall–Kier alpha value is -2.62. The molecule has 0 aromatic heterocycles. The summed E-state index contributed by atoms with van der Waals surface area (Å²) in [6, 6.07) is 12.2. The number of aryl methyl sites for hydroxylation is 4. The van der Waals surface area contributed by atoms with Crippen molar-refractivity contribution >= 4 is 23.2 Å². The molecule has 0 unspecified atom stereocenters. The van der Waals surface area contributed by atoms with Crippen molar-refractivity contribution in [3.05, 3.63) is 58.7 Å². The topological polar surface area (TPSA) is 49.4 Å². The van der Waals surface area contributed by atoms with Gasteiger partial charge in [0.15, 0.2) is 0 Å². The molecule has 0 aliphatic carbocycles. The summed E-state index contributed by atoms with van der Waals surface area (Å²) >= 11 is 0. The van der Waals surface area contributed by atoms with Gasteiger partial charge in [-0.1, -0.05) is 38.1 Å². The molecule has 2 amide bonds. The predicted octanol–water partition coefficient (Wildman–Crippen LogP) is 4.81. The van der Waals surface area contributed by atoms with E-state index in [1.807, 2.05) is 44.2 Å². The number of amides is 2. The minimum Gasteiger partial charge on any atom is -0.326 e. The quantitative estimate of drug-likeness (QED) is 0.764. The van der Waals surface area contributed by atoms with Gasteiger partial charge in [-0.05, 0) is 61.1 Å². The second-order valence-corrected chi connectivity index (χ2v) is 6.97. The van der Waals surface area contributed by atoms with E-state index < -0.39 is 0 Å². The number of benzene rings is 2. The fourth-order valence-corrected chi connectivity index (χ4v) is 3.39. The second kappa shape index (κ2) is 9.36. The number of nitrogens with zero attached hydrogens (tertiary/aromatic N) is 1. The van der Waals surface area contributed by atoms with Gasteiger partial charge in [-0.15, -0.1) is 0 Å². The van der Waals surface area contributed by atoms with Crippen LogP contribution in [0.2, 0.25) is 0 Å². The summed E-state index contributed by atoms with van der Waals surface area (Å²) < 4.78 is 0. The molecule has 0 fully saturated rings. The highest BCUT2D eigenvalue weighted by atomic mass is 16.2. The lowest BCUT2D eigenvalue weighted by molar-refractivity contribution is -0.117. The molecule has 2 aromatic carbocycles. The van der Waals surface area contributed by atoms with Gasteiger partial charge >= 0.3 is 0 Å². The van der Waals surface area contributed by atoms with Crippen LogP contribution in [0.15, 0.2) is 36.4 Å². The van der Waals surface area contributed by atoms with Crippen LogP contribution in [0.1, 0.15) is 49.4 Å². The van der Waals surface area contributed by atoms with Crippen LogP contribution in [0.3, 0.4) is 0 Å². The summed E-state index contributed by atoms with van der Waals surface area (Å²) in [5.74, 6) is -0.128. The molecular weight excluding hydrogens is 336 g/mol. The molecule has 0 bridgehead atoms. The summed E-state index contributed by atoms with van der Waals surface area (Å²) in [5.41, 5.74) is 6.25. The Labute approximate surface area is 162 Å². The highest BCUT2D eigenvalue weighted by molar-refractivity contribution is 5.95. The first-order valence-corrected chi connectivity index (χ1v) is 9.62. The lowest BCUT2D eigenvalue weighted by Gasteiger charge is -2.22. The minimum atomic E-state index is -0.0683. The zero-order valence-corrected chi connectivity index (χ0v) is 17.1. The van der Waals surface area contributed by atoms with Crippen LogP contribution in [0.5, 0.6) is 0 Å². The van der Waals surface area contributed by atoms with Crippen LogP contribution in [-0.4, -0.2) is 18.4 Å². The molecule has 0 radical (unpaired) electrons. The summed E-state index contributed by atoms with van der Waals surface area (Å²) in [6.07, 6.45) is 1.99. The number of anilines is 2. The van der Waals surface area contributed by atoms with Crippen molar-refractivity contribution < 1.29 is 9.59 Å². The van der Waals surface area contributed by atoms with Gasteiger partial charge in [-0.3, -0.25) is 9.59 Å². The third-order valence-electron chi connectivity index (χ3n) is 4.72. The molecule has 4 nitrogen and oxygen atoms in total. The standard InChI is InChI=1S/C23H30N2O2/c1-6-19-9-8-10-20(7-2)23(19)24-22(27)11-12-25(18(5)26)21-14-16(3)13-17(4)15-21/h8-10,13-15H,6-7,11-12H2,1-5H3,(H,24,27). The van der Waals surface area contributed by atoms with Crippen LogP contribution in [0.4, 0.5) is 11.4 Å². The monoisotopic (exact) mass is 366 g/mol. The van der Waals surface area contributed by atoms with Crippen molar-refractivity contribution in [2.45, 2.75) is 53.9 Å². The largest absolute Gasteiger partial charge is 0.326 e. The fraction of sp³-hybridized carbons (Fsp3) is 0.391. The maximum Gasteiger partial charge on any atom is 0.226 e. The van der Waals surface area contributed by atoms with Crippen molar-refractivity contribution in [2.75, 3.05) is 16.8 Å². The van der Waals surface area contributed by atoms with Crippen molar-refractivity contribution in [2.24, 2.45) is 0 Å². The SMILES string of the molecule is CCc1cccc(CC)c1NC(=O)CCN(C(C)=O)c1cc(C)cc(C)c1. The molecular formula is C23H30N2O2. The van der Waals surface area contributed by atoms with E-state index in [4.69, 9.17) is 0 Å². The summed E-state index contributed by atoms with van der Waals surface area (Å²) in [4.78, 5) is 26.4. The van der Waals surface area contributed by atoms with Gasteiger partial charge in [-0.25, -0.2) is 0 Å². The van der Waals surface area contributed by atoms with Crippen LogP contribution < -0.4 is 10.2 Å². The lowest BCUT2D eigenvalue weighted by atomic mass is 10.0. The number of para-hydroxylation sites is 1. The number of nitrogens with one attached hydrogen (secondary N) is 1. The van der Waals surface area contributed by atoms with E-state index in [9.17, 15) is 9.59 Å². The molecule has 0 spiro atoms. The Morgan fingerprint density at radius 3 is 2.00 bits per heavy atom. The van der Waals surface area contributed by atoms with Gasteiger partial charge in [0.2, 0.25) is 11.8 Å². The molecule has 0 saturated carbocycles. The average Bonchev–Trinajstić information content (AvgIpc) is 2.61. The van der Waals surface area contributed by atoms with Crippen molar-refractivity contribution in [1.29, 1.82) is 0 Å². The molecule has 4 heteroatoms. The van der Waals surface area contributed by atoms with E-state index >= 15 is 0 Å². The van der Waals surface area contributed by atoms with E-state index in [1.165, 1.54) is 6.92 Å². The number of carbonyl (C=O) groups excluding carboxylic acids is 2. The Morgan fingerprint density at radius 1 is 0.963 bits per heavy atom. The summed E-state index contributed by atoms with van der Waals surface area (Å²) in [6.45, 7) is 10.1. The smallest absolute Gasteiger partial charge is 0.226 e. The van der Waals surface area contributed by atoms with Gasteiger partial charge in [-0.2, -0.15) is 0 Å². The number of hydrogen-bond donors (Lipinski definition) is 1. The molecule has 0 heterocycles. The average molecular weight is 367 g/mol. The molecule has 27 heavy (non-hydrogen) atoms. The van der Waals surface area contributed by atoms with E-state index in [0.29, 0.717) is 6.54 Å². The van der Waals surface area contributed by atoms with Crippen molar-refractivity contribution in [3.8, 4) is 0 Å². The molecule has 0 aliphatic heterocycles. The van der Waals surface area contributed by atoms with E-state index in [2.05, 4.69) is 25.2 Å². The van der Waals surface area contributed by atoms with Gasteiger partial charge in [0, 0.05) is 31.3 Å². The van der Waals surface area contributed by atoms with E-state index in [-0.39, 0.29) is 18.2 Å². The normalized spacial score (nSPS) is 10.6. The van der Waals surface area contributed by atoms with Crippen LogP contribution in [0.25, 0.3) is 0 Å². The van der Waals surface area contributed by atoms with Crippen molar-refractivity contribution in [1.82, 2.24) is 0 Å². The summed E-state index contributed by atoms with van der Waals surface area (Å²) in [5, 5.41) is 3.07. The molecule has 2 aromatic rings. The Bertz CT molecular complexity index is 785. The molecule has 0 atom stereocenters. The Kier molecular flexibility index (Phi) is 7.17. The van der Waals surface area contributed by atoms with Crippen LogP contribution in [-0.2, 0) is 22.4 Å². The lowest BCUT2D eigenvalue weighted by Crippen LogP contribution is -2.32. The van der Waals surface area contributed by atoms with Crippen LogP contribution >= 0.6 is 0 Å². The van der Waals surface area contributed by atoms with Crippen molar-refractivity contribution in [3.63, 3.8) is 0 Å². The highest BCUT2D eigenvalue weighted by Crippen LogP contribution is 2.23.